The van der Waals surface area contributed by atoms with Crippen molar-refractivity contribution in [2.75, 3.05) is 24.5 Å². The van der Waals surface area contributed by atoms with E-state index in [-0.39, 0.29) is 5.91 Å². The Bertz CT molecular complexity index is 430. The number of anilines is 1. The Labute approximate surface area is 119 Å². The Morgan fingerprint density at radius 2 is 2.16 bits per heavy atom. The Hall–Kier alpha value is -1.06. The van der Waals surface area contributed by atoms with E-state index >= 15 is 0 Å². The summed E-state index contributed by atoms with van der Waals surface area (Å²) in [6.07, 6.45) is 2.83. The molecule has 0 atom stereocenters. The minimum atomic E-state index is 0.205. The number of nitrogens with one attached hydrogen (secondary N) is 1. The van der Waals surface area contributed by atoms with E-state index in [9.17, 15) is 4.79 Å². The Morgan fingerprint density at radius 1 is 1.42 bits per heavy atom. The van der Waals surface area contributed by atoms with Gasteiger partial charge in [-0.25, -0.2) is 0 Å². The summed E-state index contributed by atoms with van der Waals surface area (Å²) in [5, 5.41) is 4.00. The normalized spacial score (nSPS) is 16.3. The van der Waals surface area contributed by atoms with Gasteiger partial charge in [0.2, 0.25) is 5.91 Å². The van der Waals surface area contributed by atoms with Gasteiger partial charge in [0.15, 0.2) is 0 Å². The molecule has 0 aromatic heterocycles. The number of hydrogen-bond acceptors (Lipinski definition) is 2. The van der Waals surface area contributed by atoms with E-state index in [1.807, 2.05) is 36.1 Å². The van der Waals surface area contributed by atoms with Crippen molar-refractivity contribution >= 4 is 23.2 Å². The van der Waals surface area contributed by atoms with E-state index in [1.165, 1.54) is 0 Å². The van der Waals surface area contributed by atoms with Gasteiger partial charge in [-0.05, 0) is 57.0 Å². The Morgan fingerprint density at radius 3 is 2.79 bits per heavy atom. The van der Waals surface area contributed by atoms with Crippen LogP contribution in [-0.2, 0) is 4.79 Å². The van der Waals surface area contributed by atoms with Gasteiger partial charge in [-0.2, -0.15) is 0 Å². The lowest BCUT2D eigenvalue weighted by Gasteiger charge is -2.26. The molecule has 1 saturated heterocycles. The number of carbonyl (C=O) groups is 1. The summed E-state index contributed by atoms with van der Waals surface area (Å²) in [5.41, 5.74) is 0.897. The maximum Gasteiger partial charge on any atom is 0.227 e. The molecule has 0 radical (unpaired) electrons. The summed E-state index contributed by atoms with van der Waals surface area (Å²) in [7, 11) is 0. The molecule has 1 amide bonds. The van der Waals surface area contributed by atoms with Crippen LogP contribution in [0.4, 0.5) is 5.69 Å². The predicted molar refractivity (Wildman–Crippen MR) is 79.7 cm³/mol. The Balaban J connectivity index is 2.02. The largest absolute Gasteiger partial charge is 0.317 e. The number of halogens is 1. The molecule has 0 bridgehead atoms. The molecule has 1 N–H and O–H groups in total. The molecule has 1 fully saturated rings. The molecule has 3 nitrogen and oxygen atoms in total. The van der Waals surface area contributed by atoms with Gasteiger partial charge < -0.3 is 10.2 Å². The van der Waals surface area contributed by atoms with Crippen LogP contribution >= 0.6 is 11.6 Å². The monoisotopic (exact) mass is 280 g/mol. The number of benzene rings is 1. The number of rotatable bonds is 4. The highest BCUT2D eigenvalue weighted by molar-refractivity contribution is 6.30. The molecule has 0 spiro atoms. The topological polar surface area (TPSA) is 32.3 Å². The SMILES string of the molecule is CCN(C(=O)CC1CCNCC1)c1cccc(Cl)c1. The van der Waals surface area contributed by atoms with E-state index in [0.29, 0.717) is 23.9 Å². The molecular formula is C15H21ClN2O. The van der Waals surface area contributed by atoms with E-state index in [1.54, 1.807) is 0 Å². The van der Waals surface area contributed by atoms with Crippen LogP contribution in [0, 0.1) is 5.92 Å². The van der Waals surface area contributed by atoms with Gasteiger partial charge >= 0.3 is 0 Å². The summed E-state index contributed by atoms with van der Waals surface area (Å²) >= 11 is 6.00. The average Bonchev–Trinajstić information content (AvgIpc) is 2.41. The number of nitrogens with zero attached hydrogens (tertiary/aromatic N) is 1. The lowest BCUT2D eigenvalue weighted by molar-refractivity contribution is -0.119. The van der Waals surface area contributed by atoms with Crippen LogP contribution in [-0.4, -0.2) is 25.5 Å². The van der Waals surface area contributed by atoms with E-state index in [2.05, 4.69) is 5.32 Å². The van der Waals surface area contributed by atoms with Gasteiger partial charge in [0.25, 0.3) is 0 Å². The molecule has 0 saturated carbocycles. The zero-order valence-electron chi connectivity index (χ0n) is 11.4. The molecule has 0 aliphatic carbocycles. The van der Waals surface area contributed by atoms with Gasteiger partial charge in [0, 0.05) is 23.7 Å². The van der Waals surface area contributed by atoms with Gasteiger partial charge in [0.05, 0.1) is 0 Å². The lowest BCUT2D eigenvalue weighted by Crippen LogP contribution is -2.35. The molecule has 1 aromatic rings. The molecule has 0 unspecified atom stereocenters. The van der Waals surface area contributed by atoms with Crippen molar-refractivity contribution in [3.05, 3.63) is 29.3 Å². The fourth-order valence-corrected chi connectivity index (χ4v) is 2.77. The van der Waals surface area contributed by atoms with Crippen LogP contribution < -0.4 is 10.2 Å². The molecule has 1 aliphatic rings. The Kier molecular flexibility index (Phi) is 5.23. The molecule has 1 aromatic carbocycles. The maximum atomic E-state index is 12.4. The molecule has 1 aliphatic heterocycles. The standard InChI is InChI=1S/C15H21ClN2O/c1-2-18(14-5-3-4-13(16)11-14)15(19)10-12-6-8-17-9-7-12/h3-5,11-12,17H,2,6-10H2,1H3. The predicted octanol–water partition coefficient (Wildman–Crippen LogP) is 3.08. The summed E-state index contributed by atoms with van der Waals surface area (Å²) in [5.74, 6) is 0.721. The molecule has 2 rings (SSSR count). The first kappa shape index (κ1) is 14.4. The van der Waals surface area contributed by atoms with E-state index in [4.69, 9.17) is 11.6 Å². The van der Waals surface area contributed by atoms with Crippen molar-refractivity contribution in [1.29, 1.82) is 0 Å². The van der Waals surface area contributed by atoms with E-state index in [0.717, 1.165) is 31.6 Å². The van der Waals surface area contributed by atoms with Gasteiger partial charge in [-0.3, -0.25) is 4.79 Å². The van der Waals surface area contributed by atoms with Crippen molar-refractivity contribution in [1.82, 2.24) is 5.32 Å². The summed E-state index contributed by atoms with van der Waals surface area (Å²) in [6.45, 7) is 4.74. The summed E-state index contributed by atoms with van der Waals surface area (Å²) in [6, 6.07) is 7.51. The van der Waals surface area contributed by atoms with Crippen molar-refractivity contribution in [2.45, 2.75) is 26.2 Å². The third-order valence-corrected chi connectivity index (χ3v) is 3.89. The smallest absolute Gasteiger partial charge is 0.227 e. The summed E-state index contributed by atoms with van der Waals surface area (Å²) in [4.78, 5) is 14.2. The van der Waals surface area contributed by atoms with Crippen LogP contribution in [0.15, 0.2) is 24.3 Å². The molecule has 104 valence electrons. The minimum Gasteiger partial charge on any atom is -0.317 e. The highest BCUT2D eigenvalue weighted by Crippen LogP contribution is 2.23. The third kappa shape index (κ3) is 3.95. The zero-order chi connectivity index (χ0) is 13.7. The highest BCUT2D eigenvalue weighted by atomic mass is 35.5. The van der Waals surface area contributed by atoms with Crippen molar-refractivity contribution in [3.8, 4) is 0 Å². The first-order valence-electron chi connectivity index (χ1n) is 6.97. The quantitative estimate of drug-likeness (QED) is 0.919. The van der Waals surface area contributed by atoms with Gasteiger partial charge in [-0.1, -0.05) is 17.7 Å². The fraction of sp³-hybridized carbons (Fsp3) is 0.533. The number of hydrogen-bond donors (Lipinski definition) is 1. The van der Waals surface area contributed by atoms with Crippen LogP contribution in [0.3, 0.4) is 0 Å². The number of carbonyl (C=O) groups excluding carboxylic acids is 1. The molecule has 19 heavy (non-hydrogen) atoms. The second-order valence-electron chi connectivity index (χ2n) is 5.02. The highest BCUT2D eigenvalue weighted by Gasteiger charge is 2.21. The number of amides is 1. The van der Waals surface area contributed by atoms with Gasteiger partial charge in [0.1, 0.15) is 0 Å². The van der Waals surface area contributed by atoms with Crippen LogP contribution in [0.25, 0.3) is 0 Å². The zero-order valence-corrected chi connectivity index (χ0v) is 12.1. The average molecular weight is 281 g/mol. The van der Waals surface area contributed by atoms with Gasteiger partial charge in [-0.15, -0.1) is 0 Å². The molecule has 1 heterocycles. The fourth-order valence-electron chi connectivity index (χ4n) is 2.59. The van der Waals surface area contributed by atoms with E-state index < -0.39 is 0 Å². The van der Waals surface area contributed by atoms with Crippen LogP contribution in [0.2, 0.25) is 5.02 Å². The van der Waals surface area contributed by atoms with Crippen LogP contribution in [0.5, 0.6) is 0 Å². The number of piperidine rings is 1. The lowest BCUT2D eigenvalue weighted by atomic mass is 9.94. The molecular weight excluding hydrogens is 260 g/mol. The minimum absolute atomic E-state index is 0.205. The second kappa shape index (κ2) is 6.92. The van der Waals surface area contributed by atoms with Crippen molar-refractivity contribution in [2.24, 2.45) is 5.92 Å². The first-order valence-corrected chi connectivity index (χ1v) is 7.35. The molecule has 4 heteroatoms. The van der Waals surface area contributed by atoms with Crippen LogP contribution in [0.1, 0.15) is 26.2 Å². The second-order valence-corrected chi connectivity index (χ2v) is 5.45. The summed E-state index contributed by atoms with van der Waals surface area (Å²) < 4.78 is 0. The van der Waals surface area contributed by atoms with Crippen molar-refractivity contribution < 1.29 is 4.79 Å². The third-order valence-electron chi connectivity index (χ3n) is 3.66. The first-order chi connectivity index (χ1) is 9.20. The maximum absolute atomic E-state index is 12.4. The van der Waals surface area contributed by atoms with Crippen molar-refractivity contribution in [3.63, 3.8) is 0 Å².